The molecule has 0 radical (unpaired) electrons. The molecule has 23 heavy (non-hydrogen) atoms. The molecule has 2 amide bonds. The van der Waals surface area contributed by atoms with Gasteiger partial charge in [-0.15, -0.1) is 0 Å². The summed E-state index contributed by atoms with van der Waals surface area (Å²) < 4.78 is 4.84. The molecule has 1 aliphatic rings. The van der Waals surface area contributed by atoms with Gasteiger partial charge in [-0.25, -0.2) is 14.6 Å². The molecule has 8 heteroatoms. The number of hydrogen-bond donors (Lipinski definition) is 2. The van der Waals surface area contributed by atoms with Crippen molar-refractivity contribution in [1.82, 2.24) is 9.88 Å². The number of carbonyl (C=O) groups excluding carboxylic acids is 2. The predicted molar refractivity (Wildman–Crippen MR) is 81.6 cm³/mol. The molecule has 0 atom stereocenters. The summed E-state index contributed by atoms with van der Waals surface area (Å²) >= 11 is 0. The number of nitrogens with one attached hydrogen (secondary N) is 1. The van der Waals surface area contributed by atoms with Gasteiger partial charge in [0.2, 0.25) is 0 Å². The summed E-state index contributed by atoms with van der Waals surface area (Å²) in [6, 6.07) is 1.42. The van der Waals surface area contributed by atoms with Crippen molar-refractivity contribution >= 4 is 29.9 Å². The number of aliphatic carboxylic acids is 1. The van der Waals surface area contributed by atoms with E-state index in [9.17, 15) is 14.4 Å². The van der Waals surface area contributed by atoms with Gasteiger partial charge < -0.3 is 14.7 Å². The van der Waals surface area contributed by atoms with E-state index in [1.165, 1.54) is 17.2 Å². The molecule has 0 spiro atoms. The van der Waals surface area contributed by atoms with Crippen LogP contribution >= 0.6 is 0 Å². The number of carboxylic acid groups (broad SMARTS) is 1. The lowest BCUT2D eigenvalue weighted by Gasteiger charge is -2.28. The lowest BCUT2D eigenvalue weighted by Crippen LogP contribution is -2.40. The first-order chi connectivity index (χ1) is 11.0. The molecule has 122 valence electrons. The van der Waals surface area contributed by atoms with Crippen LogP contribution in [0.1, 0.15) is 24.5 Å². The Morgan fingerprint density at radius 3 is 3.00 bits per heavy atom. The van der Waals surface area contributed by atoms with Crippen LogP contribution in [0.2, 0.25) is 0 Å². The van der Waals surface area contributed by atoms with Crippen LogP contribution in [-0.4, -0.2) is 46.1 Å². The zero-order valence-electron chi connectivity index (χ0n) is 12.6. The summed E-state index contributed by atoms with van der Waals surface area (Å²) in [6.07, 6.45) is 4.04. The summed E-state index contributed by atoms with van der Waals surface area (Å²) in [5, 5.41) is 11.3. The van der Waals surface area contributed by atoms with E-state index >= 15 is 0 Å². The molecule has 2 N–H and O–H groups in total. The Morgan fingerprint density at radius 1 is 1.52 bits per heavy atom. The number of hydrogen-bond acceptors (Lipinski definition) is 5. The Morgan fingerprint density at radius 2 is 2.30 bits per heavy atom. The molecular weight excluding hydrogens is 302 g/mol. The number of esters is 1. The van der Waals surface area contributed by atoms with E-state index in [-0.39, 0.29) is 25.0 Å². The van der Waals surface area contributed by atoms with Gasteiger partial charge in [-0.1, -0.05) is 0 Å². The minimum Gasteiger partial charge on any atom is -0.478 e. The number of ether oxygens (including phenoxy) is 1. The molecule has 0 saturated carbocycles. The van der Waals surface area contributed by atoms with Gasteiger partial charge >= 0.3 is 18.0 Å². The average Bonchev–Trinajstić information content (AvgIpc) is 2.51. The third kappa shape index (κ3) is 4.53. The van der Waals surface area contributed by atoms with Crippen molar-refractivity contribution in [1.29, 1.82) is 0 Å². The van der Waals surface area contributed by atoms with Gasteiger partial charge in [0, 0.05) is 24.4 Å². The highest BCUT2D eigenvalue weighted by atomic mass is 16.5. The number of aromatic nitrogens is 1. The fraction of sp³-hybridized carbons (Fsp3) is 0.333. The van der Waals surface area contributed by atoms with Crippen molar-refractivity contribution in [3.8, 4) is 0 Å². The standard InChI is InChI=1S/C15H17N3O5/c1-2-23-13(21)5-6-18-9-11-7-10(3-4-12(19)20)8-16-14(11)17-15(18)22/h3-4,7-8H,2,5-6,9H2,1H3,(H,19,20)(H,16,17,22)/b4-3+. The number of rotatable bonds is 6. The molecule has 2 rings (SSSR count). The zero-order chi connectivity index (χ0) is 16.8. The van der Waals surface area contributed by atoms with Crippen LogP contribution in [0.25, 0.3) is 6.08 Å². The largest absolute Gasteiger partial charge is 0.478 e. The molecule has 0 fully saturated rings. The Balaban J connectivity index is 2.07. The van der Waals surface area contributed by atoms with E-state index in [0.29, 0.717) is 24.5 Å². The minimum atomic E-state index is -1.05. The van der Waals surface area contributed by atoms with Gasteiger partial charge in [-0.2, -0.15) is 0 Å². The topological polar surface area (TPSA) is 109 Å². The van der Waals surface area contributed by atoms with Crippen molar-refractivity contribution in [2.75, 3.05) is 18.5 Å². The first kappa shape index (κ1) is 16.5. The van der Waals surface area contributed by atoms with Crippen LogP contribution in [-0.2, 0) is 20.9 Å². The van der Waals surface area contributed by atoms with Crippen molar-refractivity contribution in [2.24, 2.45) is 0 Å². The molecule has 1 aliphatic heterocycles. The molecule has 0 aromatic carbocycles. The van der Waals surface area contributed by atoms with E-state index in [1.54, 1.807) is 13.0 Å². The number of fused-ring (bicyclic) bond motifs is 1. The second-order valence-corrected chi connectivity index (χ2v) is 4.85. The molecule has 1 aromatic heterocycles. The lowest BCUT2D eigenvalue weighted by molar-refractivity contribution is -0.143. The summed E-state index contributed by atoms with van der Waals surface area (Å²) in [5.41, 5.74) is 1.37. The number of pyridine rings is 1. The average molecular weight is 319 g/mol. The number of urea groups is 1. The Hall–Kier alpha value is -2.90. The molecule has 1 aromatic rings. The molecule has 0 aliphatic carbocycles. The zero-order valence-corrected chi connectivity index (χ0v) is 12.6. The molecular formula is C15H17N3O5. The number of anilines is 1. The fourth-order valence-electron chi connectivity index (χ4n) is 2.12. The van der Waals surface area contributed by atoms with Crippen LogP contribution in [0.4, 0.5) is 10.6 Å². The van der Waals surface area contributed by atoms with Gasteiger partial charge in [0.05, 0.1) is 19.6 Å². The Labute approximate surface area is 132 Å². The second-order valence-electron chi connectivity index (χ2n) is 4.85. The van der Waals surface area contributed by atoms with E-state index in [1.807, 2.05) is 0 Å². The van der Waals surface area contributed by atoms with E-state index in [2.05, 4.69) is 10.3 Å². The van der Waals surface area contributed by atoms with E-state index in [4.69, 9.17) is 9.84 Å². The molecule has 0 bridgehead atoms. The van der Waals surface area contributed by atoms with Crippen LogP contribution in [0.15, 0.2) is 18.3 Å². The van der Waals surface area contributed by atoms with Crippen molar-refractivity contribution in [3.05, 3.63) is 29.5 Å². The van der Waals surface area contributed by atoms with Gasteiger partial charge in [0.25, 0.3) is 0 Å². The summed E-state index contributed by atoms with van der Waals surface area (Å²) in [4.78, 5) is 39.5. The van der Waals surface area contributed by atoms with Crippen LogP contribution in [0.3, 0.4) is 0 Å². The van der Waals surface area contributed by atoms with Crippen LogP contribution < -0.4 is 5.32 Å². The fourth-order valence-corrected chi connectivity index (χ4v) is 2.12. The highest BCUT2D eigenvalue weighted by Gasteiger charge is 2.24. The van der Waals surface area contributed by atoms with E-state index < -0.39 is 5.97 Å². The molecule has 8 nitrogen and oxygen atoms in total. The summed E-state index contributed by atoms with van der Waals surface area (Å²) in [5.74, 6) is -0.968. The summed E-state index contributed by atoms with van der Waals surface area (Å²) in [7, 11) is 0. The SMILES string of the molecule is CCOC(=O)CCN1Cc2cc(/C=C/C(=O)O)cnc2NC1=O. The second kappa shape index (κ2) is 7.39. The highest BCUT2D eigenvalue weighted by Crippen LogP contribution is 2.22. The van der Waals surface area contributed by atoms with Crippen LogP contribution in [0, 0.1) is 0 Å². The van der Waals surface area contributed by atoms with Gasteiger partial charge in [0.15, 0.2) is 0 Å². The molecule has 0 unspecified atom stereocenters. The third-order valence-electron chi connectivity index (χ3n) is 3.17. The van der Waals surface area contributed by atoms with Crippen molar-refractivity contribution in [3.63, 3.8) is 0 Å². The number of carbonyl (C=O) groups is 3. The third-order valence-corrected chi connectivity index (χ3v) is 3.17. The Bertz CT molecular complexity index is 657. The smallest absolute Gasteiger partial charge is 0.328 e. The van der Waals surface area contributed by atoms with Gasteiger partial charge in [0.1, 0.15) is 5.82 Å². The van der Waals surface area contributed by atoms with Gasteiger partial charge in [-0.05, 0) is 24.6 Å². The summed E-state index contributed by atoms with van der Waals surface area (Å²) in [6.45, 7) is 2.55. The molecule has 0 saturated heterocycles. The van der Waals surface area contributed by atoms with Crippen LogP contribution in [0.5, 0.6) is 0 Å². The molecule has 2 heterocycles. The quantitative estimate of drug-likeness (QED) is 0.607. The first-order valence-electron chi connectivity index (χ1n) is 7.11. The lowest BCUT2D eigenvalue weighted by atomic mass is 10.1. The maximum Gasteiger partial charge on any atom is 0.328 e. The number of amides is 2. The Kier molecular flexibility index (Phi) is 5.29. The maximum atomic E-state index is 12.0. The maximum absolute atomic E-state index is 12.0. The van der Waals surface area contributed by atoms with Crippen molar-refractivity contribution < 1.29 is 24.2 Å². The number of carboxylic acids is 1. The minimum absolute atomic E-state index is 0.114. The van der Waals surface area contributed by atoms with Crippen molar-refractivity contribution in [2.45, 2.75) is 19.9 Å². The number of nitrogens with zero attached hydrogens (tertiary/aromatic N) is 2. The monoisotopic (exact) mass is 319 g/mol. The normalized spacial score (nSPS) is 13.6. The van der Waals surface area contributed by atoms with Gasteiger partial charge in [-0.3, -0.25) is 10.1 Å². The van der Waals surface area contributed by atoms with E-state index in [0.717, 1.165) is 11.6 Å². The highest BCUT2D eigenvalue weighted by molar-refractivity contribution is 5.91. The predicted octanol–water partition coefficient (Wildman–Crippen LogP) is 1.48. The first-order valence-corrected chi connectivity index (χ1v) is 7.11.